The molecule has 0 aliphatic heterocycles. The number of carbonyl (C=O) groups is 1. The van der Waals surface area contributed by atoms with Crippen LogP contribution in [0, 0.1) is 11.3 Å². The fourth-order valence-electron chi connectivity index (χ4n) is 2.08. The molecule has 1 aromatic carbocycles. The van der Waals surface area contributed by atoms with Crippen LogP contribution in [0.4, 0.5) is 0 Å². The third-order valence-electron chi connectivity index (χ3n) is 3.86. The van der Waals surface area contributed by atoms with Crippen LogP contribution in [-0.4, -0.2) is 26.2 Å². The summed E-state index contributed by atoms with van der Waals surface area (Å²) in [5.41, 5.74) is 7.18. The van der Waals surface area contributed by atoms with Gasteiger partial charge in [-0.2, -0.15) is 0 Å². The van der Waals surface area contributed by atoms with Gasteiger partial charge in [-0.3, -0.25) is 4.79 Å². The molecule has 0 aliphatic carbocycles. The maximum atomic E-state index is 12.3. The highest BCUT2D eigenvalue weighted by Crippen LogP contribution is 2.21. The van der Waals surface area contributed by atoms with Gasteiger partial charge in [-0.1, -0.05) is 51.1 Å². The van der Waals surface area contributed by atoms with Gasteiger partial charge in [0.1, 0.15) is 0 Å². The van der Waals surface area contributed by atoms with E-state index in [1.807, 2.05) is 37.3 Å². The van der Waals surface area contributed by atoms with Gasteiger partial charge >= 0.3 is 0 Å². The molecule has 0 bridgehead atoms. The van der Waals surface area contributed by atoms with E-state index in [-0.39, 0.29) is 35.7 Å². The van der Waals surface area contributed by atoms with Crippen molar-refractivity contribution in [2.45, 2.75) is 33.2 Å². The van der Waals surface area contributed by atoms with Crippen LogP contribution in [0.25, 0.3) is 0 Å². The minimum atomic E-state index is -0.284. The number of nitrogens with two attached hydrogens (primary N) is 1. The number of hydrogen-bond acceptors (Lipinski definition) is 3. The Morgan fingerprint density at radius 2 is 1.91 bits per heavy atom. The summed E-state index contributed by atoms with van der Waals surface area (Å²) in [7, 11) is 1.69. The van der Waals surface area contributed by atoms with Gasteiger partial charge in [-0.25, -0.2) is 0 Å². The maximum Gasteiger partial charge on any atom is 0.224 e. The third-order valence-corrected chi connectivity index (χ3v) is 3.86. The number of amides is 1. The number of rotatable bonds is 8. The highest BCUT2D eigenvalue weighted by Gasteiger charge is 2.24. The summed E-state index contributed by atoms with van der Waals surface area (Å²) < 4.78 is 5.10. The van der Waals surface area contributed by atoms with Crippen LogP contribution in [0.15, 0.2) is 30.3 Å². The Balaban J connectivity index is 0.00000441. The molecular formula is C17H29ClN2O2. The summed E-state index contributed by atoms with van der Waals surface area (Å²) in [4.78, 5) is 12.3. The third kappa shape index (κ3) is 6.77. The lowest BCUT2D eigenvalue weighted by atomic mass is 9.89. The van der Waals surface area contributed by atoms with Crippen LogP contribution < -0.4 is 11.1 Å². The standard InChI is InChI=1S/C17H28N2O2.ClH/c1-13(15(18)14-8-6-5-7-9-14)16(20)19-12-17(2,3)10-11-21-4;/h5-9,13,15H,10-12,18H2,1-4H3,(H,19,20);1H. The van der Waals surface area contributed by atoms with E-state index in [1.54, 1.807) is 7.11 Å². The Hall–Kier alpha value is -1.10. The van der Waals surface area contributed by atoms with E-state index < -0.39 is 0 Å². The van der Waals surface area contributed by atoms with Gasteiger partial charge in [0.25, 0.3) is 0 Å². The largest absolute Gasteiger partial charge is 0.385 e. The molecule has 0 aromatic heterocycles. The molecule has 1 aromatic rings. The van der Waals surface area contributed by atoms with Crippen LogP contribution in [0.5, 0.6) is 0 Å². The zero-order valence-electron chi connectivity index (χ0n) is 14.0. The summed E-state index contributed by atoms with van der Waals surface area (Å²) >= 11 is 0. The number of hydrogen-bond donors (Lipinski definition) is 2. The van der Waals surface area contributed by atoms with E-state index in [4.69, 9.17) is 10.5 Å². The van der Waals surface area contributed by atoms with Gasteiger partial charge in [0.2, 0.25) is 5.91 Å². The van der Waals surface area contributed by atoms with Gasteiger partial charge < -0.3 is 15.8 Å². The summed E-state index contributed by atoms with van der Waals surface area (Å²) in [5.74, 6) is -0.262. The monoisotopic (exact) mass is 328 g/mol. The van der Waals surface area contributed by atoms with Gasteiger partial charge in [0.15, 0.2) is 0 Å². The molecule has 4 nitrogen and oxygen atoms in total. The van der Waals surface area contributed by atoms with Crippen molar-refractivity contribution in [2.24, 2.45) is 17.1 Å². The van der Waals surface area contributed by atoms with E-state index in [2.05, 4.69) is 19.2 Å². The van der Waals surface area contributed by atoms with Crippen LogP contribution in [0.3, 0.4) is 0 Å². The Morgan fingerprint density at radius 1 is 1.32 bits per heavy atom. The molecular weight excluding hydrogens is 300 g/mol. The fraction of sp³-hybridized carbons (Fsp3) is 0.588. The summed E-state index contributed by atoms with van der Waals surface area (Å²) in [6, 6.07) is 9.45. The predicted octanol–water partition coefficient (Wildman–Crippen LogP) is 2.92. The molecule has 0 spiro atoms. The van der Waals surface area contributed by atoms with E-state index in [1.165, 1.54) is 0 Å². The van der Waals surface area contributed by atoms with Crippen LogP contribution in [-0.2, 0) is 9.53 Å². The van der Waals surface area contributed by atoms with Crippen molar-refractivity contribution in [3.8, 4) is 0 Å². The molecule has 0 heterocycles. The first-order valence-corrected chi connectivity index (χ1v) is 7.44. The predicted molar refractivity (Wildman–Crippen MR) is 93.1 cm³/mol. The van der Waals surface area contributed by atoms with Crippen LogP contribution >= 0.6 is 12.4 Å². The lowest BCUT2D eigenvalue weighted by molar-refractivity contribution is -0.125. The summed E-state index contributed by atoms with van der Waals surface area (Å²) in [6.45, 7) is 7.43. The first kappa shape index (κ1) is 20.9. The number of nitrogens with one attached hydrogen (secondary N) is 1. The molecule has 3 N–H and O–H groups in total. The number of ether oxygens (including phenoxy) is 1. The van der Waals surface area contributed by atoms with E-state index in [0.717, 1.165) is 12.0 Å². The number of methoxy groups -OCH3 is 1. The van der Waals surface area contributed by atoms with Crippen molar-refractivity contribution in [2.75, 3.05) is 20.3 Å². The molecule has 0 fully saturated rings. The molecule has 0 radical (unpaired) electrons. The van der Waals surface area contributed by atoms with Crippen molar-refractivity contribution in [1.29, 1.82) is 0 Å². The highest BCUT2D eigenvalue weighted by atomic mass is 35.5. The van der Waals surface area contributed by atoms with Crippen molar-refractivity contribution in [3.05, 3.63) is 35.9 Å². The molecule has 126 valence electrons. The zero-order chi connectivity index (χ0) is 15.9. The van der Waals surface area contributed by atoms with Crippen molar-refractivity contribution >= 4 is 18.3 Å². The Morgan fingerprint density at radius 3 is 2.45 bits per heavy atom. The van der Waals surface area contributed by atoms with E-state index >= 15 is 0 Å². The SMILES string of the molecule is COCCC(C)(C)CNC(=O)C(C)C(N)c1ccccc1.Cl. The number of halogens is 1. The van der Waals surface area contributed by atoms with Crippen LogP contribution in [0.1, 0.15) is 38.8 Å². The maximum absolute atomic E-state index is 12.3. The Kier molecular flexibility index (Phi) is 9.33. The number of benzene rings is 1. The molecule has 22 heavy (non-hydrogen) atoms. The molecule has 2 atom stereocenters. The van der Waals surface area contributed by atoms with Crippen molar-refractivity contribution in [3.63, 3.8) is 0 Å². The Bertz CT molecular complexity index is 438. The van der Waals surface area contributed by atoms with Gasteiger partial charge in [0, 0.05) is 26.3 Å². The first-order valence-electron chi connectivity index (χ1n) is 7.44. The smallest absolute Gasteiger partial charge is 0.224 e. The highest BCUT2D eigenvalue weighted by molar-refractivity contribution is 5.85. The quantitative estimate of drug-likeness (QED) is 0.771. The second-order valence-corrected chi connectivity index (χ2v) is 6.35. The molecule has 1 rings (SSSR count). The molecule has 0 aliphatic rings. The first-order chi connectivity index (χ1) is 9.87. The van der Waals surface area contributed by atoms with E-state index in [0.29, 0.717) is 13.2 Å². The lowest BCUT2D eigenvalue weighted by Crippen LogP contribution is -2.40. The van der Waals surface area contributed by atoms with Crippen molar-refractivity contribution in [1.82, 2.24) is 5.32 Å². The molecule has 0 saturated carbocycles. The minimum Gasteiger partial charge on any atom is -0.385 e. The topological polar surface area (TPSA) is 64.3 Å². The second kappa shape index (κ2) is 9.82. The summed E-state index contributed by atoms with van der Waals surface area (Å²) in [6.07, 6.45) is 0.906. The molecule has 0 saturated heterocycles. The second-order valence-electron chi connectivity index (χ2n) is 6.35. The average molecular weight is 329 g/mol. The van der Waals surface area contributed by atoms with Crippen molar-refractivity contribution < 1.29 is 9.53 Å². The van der Waals surface area contributed by atoms with Gasteiger partial charge in [-0.15, -0.1) is 12.4 Å². The minimum absolute atomic E-state index is 0. The van der Waals surface area contributed by atoms with E-state index in [9.17, 15) is 4.79 Å². The molecule has 1 amide bonds. The zero-order valence-corrected chi connectivity index (χ0v) is 14.8. The van der Waals surface area contributed by atoms with Gasteiger partial charge in [0.05, 0.1) is 5.92 Å². The summed E-state index contributed by atoms with van der Waals surface area (Å²) in [5, 5.41) is 3.01. The normalized spacial score (nSPS) is 13.9. The van der Waals surface area contributed by atoms with Gasteiger partial charge in [-0.05, 0) is 17.4 Å². The number of carbonyl (C=O) groups excluding carboxylic acids is 1. The Labute approximate surface area is 140 Å². The average Bonchev–Trinajstić information content (AvgIpc) is 2.50. The van der Waals surface area contributed by atoms with Crippen LogP contribution in [0.2, 0.25) is 0 Å². The molecule has 5 heteroatoms. The molecule has 2 unspecified atom stereocenters. The fourth-order valence-corrected chi connectivity index (χ4v) is 2.08. The lowest BCUT2D eigenvalue weighted by Gasteiger charge is -2.26.